The summed E-state index contributed by atoms with van der Waals surface area (Å²) in [5.74, 6) is -1.24. The molecule has 0 aliphatic rings. The Balaban J connectivity index is 2.79. The van der Waals surface area contributed by atoms with Crippen LogP contribution in [0, 0.1) is 13.8 Å². The molecule has 0 aliphatic heterocycles. The van der Waals surface area contributed by atoms with E-state index in [2.05, 4.69) is 6.92 Å². The maximum Gasteiger partial charge on any atom is 0.311 e. The first-order valence-corrected chi connectivity index (χ1v) is 7.56. The molecule has 3 heteroatoms. The highest BCUT2D eigenvalue weighted by atomic mass is 16.4. The summed E-state index contributed by atoms with van der Waals surface area (Å²) in [7, 11) is 0. The van der Waals surface area contributed by atoms with Gasteiger partial charge in [0.1, 0.15) is 0 Å². The van der Waals surface area contributed by atoms with Crippen molar-refractivity contribution in [2.75, 3.05) is 5.73 Å². The number of carboxylic acids is 1. The van der Waals surface area contributed by atoms with Crippen molar-refractivity contribution in [3.63, 3.8) is 0 Å². The number of nitrogens with two attached hydrogens (primary N) is 1. The van der Waals surface area contributed by atoms with Gasteiger partial charge in [0.25, 0.3) is 0 Å². The Kier molecular flexibility index (Phi) is 6.56. The van der Waals surface area contributed by atoms with Gasteiger partial charge in [-0.2, -0.15) is 0 Å². The Morgan fingerprint density at radius 1 is 1.20 bits per heavy atom. The Bertz CT molecular complexity index is 455. The molecule has 0 aliphatic carbocycles. The lowest BCUT2D eigenvalue weighted by Crippen LogP contribution is -2.14. The number of hydrogen-bond acceptors (Lipinski definition) is 2. The van der Waals surface area contributed by atoms with Crippen LogP contribution < -0.4 is 5.73 Å². The summed E-state index contributed by atoms with van der Waals surface area (Å²) >= 11 is 0. The van der Waals surface area contributed by atoms with Gasteiger partial charge in [0.2, 0.25) is 0 Å². The van der Waals surface area contributed by atoms with E-state index in [1.165, 1.54) is 19.3 Å². The molecule has 1 atom stereocenters. The number of anilines is 1. The quantitative estimate of drug-likeness (QED) is 0.546. The van der Waals surface area contributed by atoms with Gasteiger partial charge in [-0.3, -0.25) is 4.79 Å². The fourth-order valence-corrected chi connectivity index (χ4v) is 2.66. The summed E-state index contributed by atoms with van der Waals surface area (Å²) in [6.07, 6.45) is 6.33. The van der Waals surface area contributed by atoms with Crippen LogP contribution in [0.25, 0.3) is 0 Å². The molecule has 0 radical (unpaired) electrons. The van der Waals surface area contributed by atoms with Crippen LogP contribution in [0.5, 0.6) is 0 Å². The van der Waals surface area contributed by atoms with Crippen LogP contribution in [-0.4, -0.2) is 11.1 Å². The minimum absolute atomic E-state index is 0.477. The average Bonchev–Trinajstić information content (AvgIpc) is 2.38. The molecular formula is C17H27NO2. The van der Waals surface area contributed by atoms with E-state index in [0.29, 0.717) is 12.1 Å². The van der Waals surface area contributed by atoms with E-state index in [9.17, 15) is 9.90 Å². The lowest BCUT2D eigenvalue weighted by Gasteiger charge is -2.17. The maximum absolute atomic E-state index is 11.5. The van der Waals surface area contributed by atoms with Crippen molar-refractivity contribution in [3.05, 3.63) is 28.8 Å². The average molecular weight is 277 g/mol. The highest BCUT2D eigenvalue weighted by Gasteiger charge is 2.22. The van der Waals surface area contributed by atoms with Crippen molar-refractivity contribution in [1.29, 1.82) is 0 Å². The third-order valence-electron chi connectivity index (χ3n) is 3.83. The number of carbonyl (C=O) groups is 1. The van der Waals surface area contributed by atoms with Gasteiger partial charge in [-0.1, -0.05) is 56.7 Å². The first-order valence-electron chi connectivity index (χ1n) is 7.56. The zero-order valence-corrected chi connectivity index (χ0v) is 12.9. The van der Waals surface area contributed by atoms with Crippen molar-refractivity contribution in [1.82, 2.24) is 0 Å². The van der Waals surface area contributed by atoms with E-state index < -0.39 is 11.9 Å². The molecule has 1 aromatic carbocycles. The molecule has 1 rings (SSSR count). The summed E-state index contributed by atoms with van der Waals surface area (Å²) in [6, 6.07) is 3.92. The zero-order valence-electron chi connectivity index (χ0n) is 12.9. The number of aliphatic carboxylic acids is 1. The van der Waals surface area contributed by atoms with E-state index in [1.807, 2.05) is 26.0 Å². The van der Waals surface area contributed by atoms with Crippen molar-refractivity contribution >= 4 is 11.7 Å². The minimum atomic E-state index is -0.766. The van der Waals surface area contributed by atoms with Gasteiger partial charge in [0.15, 0.2) is 0 Å². The van der Waals surface area contributed by atoms with Gasteiger partial charge in [-0.05, 0) is 31.4 Å². The highest BCUT2D eigenvalue weighted by molar-refractivity contribution is 5.79. The van der Waals surface area contributed by atoms with Crippen molar-refractivity contribution in [3.8, 4) is 0 Å². The molecule has 0 spiro atoms. The van der Waals surface area contributed by atoms with Crippen LogP contribution in [-0.2, 0) is 4.79 Å². The first-order chi connectivity index (χ1) is 9.47. The normalized spacial score (nSPS) is 12.3. The van der Waals surface area contributed by atoms with Crippen LogP contribution in [0.2, 0.25) is 0 Å². The molecule has 0 bridgehead atoms. The molecule has 0 saturated carbocycles. The van der Waals surface area contributed by atoms with Gasteiger partial charge in [-0.25, -0.2) is 0 Å². The summed E-state index contributed by atoms with van der Waals surface area (Å²) in [6.45, 7) is 6.10. The van der Waals surface area contributed by atoms with Gasteiger partial charge in [-0.15, -0.1) is 0 Å². The predicted molar refractivity (Wildman–Crippen MR) is 84.1 cm³/mol. The highest BCUT2D eigenvalue weighted by Crippen LogP contribution is 2.31. The van der Waals surface area contributed by atoms with E-state index in [0.717, 1.165) is 29.5 Å². The van der Waals surface area contributed by atoms with Crippen LogP contribution in [0.3, 0.4) is 0 Å². The van der Waals surface area contributed by atoms with Crippen molar-refractivity contribution < 1.29 is 9.90 Å². The second-order valence-electron chi connectivity index (χ2n) is 5.68. The number of unbranched alkanes of at least 4 members (excludes halogenated alkanes) is 4. The molecule has 0 amide bonds. The van der Waals surface area contributed by atoms with E-state index >= 15 is 0 Å². The topological polar surface area (TPSA) is 63.3 Å². The number of aryl methyl sites for hydroxylation is 2. The summed E-state index contributed by atoms with van der Waals surface area (Å²) in [5.41, 5.74) is 9.54. The Hall–Kier alpha value is -1.51. The fourth-order valence-electron chi connectivity index (χ4n) is 2.66. The van der Waals surface area contributed by atoms with Gasteiger partial charge >= 0.3 is 5.97 Å². The molecule has 0 saturated heterocycles. The Morgan fingerprint density at radius 2 is 1.85 bits per heavy atom. The van der Waals surface area contributed by atoms with E-state index in [4.69, 9.17) is 5.73 Å². The SMILES string of the molecule is CCCCCCCC(C(=O)O)c1cc(C)cc(C)c1N. The number of hydrogen-bond donors (Lipinski definition) is 2. The molecule has 1 unspecified atom stereocenters. The third kappa shape index (κ3) is 4.55. The van der Waals surface area contributed by atoms with Crippen molar-refractivity contribution in [2.24, 2.45) is 0 Å². The third-order valence-corrected chi connectivity index (χ3v) is 3.83. The van der Waals surface area contributed by atoms with Crippen LogP contribution in [0.15, 0.2) is 12.1 Å². The van der Waals surface area contributed by atoms with Gasteiger partial charge in [0.05, 0.1) is 5.92 Å². The molecule has 1 aromatic rings. The minimum Gasteiger partial charge on any atom is -0.481 e. The number of carboxylic acid groups (broad SMARTS) is 1. The summed E-state index contributed by atoms with van der Waals surface area (Å²) in [5, 5.41) is 9.48. The van der Waals surface area contributed by atoms with Crippen molar-refractivity contribution in [2.45, 2.75) is 65.2 Å². The summed E-state index contributed by atoms with van der Waals surface area (Å²) < 4.78 is 0. The number of rotatable bonds is 8. The molecular weight excluding hydrogens is 250 g/mol. The molecule has 0 fully saturated rings. The zero-order chi connectivity index (χ0) is 15.1. The number of benzene rings is 1. The van der Waals surface area contributed by atoms with E-state index in [1.54, 1.807) is 0 Å². The summed E-state index contributed by atoms with van der Waals surface area (Å²) in [4.78, 5) is 11.5. The Labute approximate surface area is 122 Å². The van der Waals surface area contributed by atoms with Crippen LogP contribution in [0.4, 0.5) is 5.69 Å². The molecule has 3 nitrogen and oxygen atoms in total. The molecule has 0 aromatic heterocycles. The second-order valence-corrected chi connectivity index (χ2v) is 5.68. The largest absolute Gasteiger partial charge is 0.481 e. The molecule has 3 N–H and O–H groups in total. The lowest BCUT2D eigenvalue weighted by molar-refractivity contribution is -0.139. The van der Waals surface area contributed by atoms with Crippen LogP contribution >= 0.6 is 0 Å². The van der Waals surface area contributed by atoms with Gasteiger partial charge in [0, 0.05) is 5.69 Å². The lowest BCUT2D eigenvalue weighted by atomic mass is 9.89. The van der Waals surface area contributed by atoms with Crippen LogP contribution in [0.1, 0.15) is 68.1 Å². The molecule has 112 valence electrons. The maximum atomic E-state index is 11.5. The smallest absolute Gasteiger partial charge is 0.311 e. The molecule has 20 heavy (non-hydrogen) atoms. The fraction of sp³-hybridized carbons (Fsp3) is 0.588. The molecule has 0 heterocycles. The standard InChI is InChI=1S/C17H27NO2/c1-4-5-6-7-8-9-14(17(19)20)15-11-12(2)10-13(3)16(15)18/h10-11,14H,4-9,18H2,1-3H3,(H,19,20). The van der Waals surface area contributed by atoms with Gasteiger partial charge < -0.3 is 10.8 Å². The Morgan fingerprint density at radius 3 is 2.45 bits per heavy atom. The first kappa shape index (κ1) is 16.5. The predicted octanol–water partition coefficient (Wildman–Crippen LogP) is 4.41. The monoisotopic (exact) mass is 277 g/mol. The number of nitrogen functional groups attached to an aromatic ring is 1. The van der Waals surface area contributed by atoms with E-state index in [-0.39, 0.29) is 0 Å². The second kappa shape index (κ2) is 7.93.